The second-order valence-corrected chi connectivity index (χ2v) is 6.78. The molecule has 1 aliphatic carbocycles. The minimum atomic E-state index is 0.627. The number of hydrogen-bond donors (Lipinski definition) is 0. The van der Waals surface area contributed by atoms with Gasteiger partial charge in [0.25, 0.3) is 0 Å². The van der Waals surface area contributed by atoms with E-state index in [0.29, 0.717) is 4.83 Å². The molecule has 3 rings (SSSR count). The van der Waals surface area contributed by atoms with Crippen molar-refractivity contribution in [3.8, 4) is 0 Å². The van der Waals surface area contributed by atoms with E-state index < -0.39 is 0 Å². The monoisotopic (exact) mass is 295 g/mol. The molecule has 0 spiro atoms. The molecule has 0 saturated heterocycles. The second-order valence-electron chi connectivity index (χ2n) is 4.49. The SMILES string of the molecule is BrC(Cc1nc2ccccc2s1)C1CCC1. The van der Waals surface area contributed by atoms with Gasteiger partial charge in [-0.1, -0.05) is 34.5 Å². The number of thiazole rings is 1. The lowest BCUT2D eigenvalue weighted by Crippen LogP contribution is -2.23. The summed E-state index contributed by atoms with van der Waals surface area (Å²) in [7, 11) is 0. The molecule has 0 bridgehead atoms. The van der Waals surface area contributed by atoms with Crippen molar-refractivity contribution in [2.45, 2.75) is 30.5 Å². The summed E-state index contributed by atoms with van der Waals surface area (Å²) in [5, 5.41) is 1.27. The highest BCUT2D eigenvalue weighted by molar-refractivity contribution is 9.09. The van der Waals surface area contributed by atoms with Crippen molar-refractivity contribution in [1.29, 1.82) is 0 Å². The molecule has 84 valence electrons. The summed E-state index contributed by atoms with van der Waals surface area (Å²) in [6.07, 6.45) is 5.28. The van der Waals surface area contributed by atoms with Crippen LogP contribution in [-0.2, 0) is 6.42 Å². The zero-order valence-corrected chi connectivity index (χ0v) is 11.4. The maximum Gasteiger partial charge on any atom is 0.0949 e. The van der Waals surface area contributed by atoms with Crippen LogP contribution in [0.15, 0.2) is 24.3 Å². The third-order valence-corrected chi connectivity index (χ3v) is 5.50. The highest BCUT2D eigenvalue weighted by Gasteiger charge is 2.26. The average molecular weight is 296 g/mol. The van der Waals surface area contributed by atoms with Gasteiger partial charge in [-0.2, -0.15) is 0 Å². The Morgan fingerprint density at radius 1 is 1.38 bits per heavy atom. The van der Waals surface area contributed by atoms with Crippen molar-refractivity contribution >= 4 is 37.5 Å². The van der Waals surface area contributed by atoms with Gasteiger partial charge in [-0.25, -0.2) is 4.98 Å². The van der Waals surface area contributed by atoms with Crippen LogP contribution in [0.25, 0.3) is 10.2 Å². The minimum absolute atomic E-state index is 0.627. The van der Waals surface area contributed by atoms with E-state index >= 15 is 0 Å². The summed E-state index contributed by atoms with van der Waals surface area (Å²) in [6, 6.07) is 8.40. The summed E-state index contributed by atoms with van der Waals surface area (Å²) in [5.74, 6) is 0.881. The van der Waals surface area contributed by atoms with Crippen LogP contribution in [0.1, 0.15) is 24.3 Å². The van der Waals surface area contributed by atoms with E-state index in [-0.39, 0.29) is 0 Å². The van der Waals surface area contributed by atoms with Crippen molar-refractivity contribution < 1.29 is 0 Å². The maximum absolute atomic E-state index is 4.68. The fourth-order valence-electron chi connectivity index (χ4n) is 2.14. The number of nitrogens with zero attached hydrogens (tertiary/aromatic N) is 1. The third-order valence-electron chi connectivity index (χ3n) is 3.37. The Labute approximate surface area is 108 Å². The summed E-state index contributed by atoms with van der Waals surface area (Å²) < 4.78 is 1.31. The molecule has 1 unspecified atom stereocenters. The smallest absolute Gasteiger partial charge is 0.0949 e. The van der Waals surface area contributed by atoms with E-state index in [1.165, 1.54) is 29.0 Å². The molecule has 1 atom stereocenters. The summed E-state index contributed by atoms with van der Waals surface area (Å²) in [4.78, 5) is 5.31. The van der Waals surface area contributed by atoms with Crippen LogP contribution in [0.2, 0.25) is 0 Å². The molecule has 1 aromatic heterocycles. The van der Waals surface area contributed by atoms with E-state index in [0.717, 1.165) is 17.9 Å². The van der Waals surface area contributed by atoms with Crippen LogP contribution in [0.3, 0.4) is 0 Å². The summed E-state index contributed by atoms with van der Waals surface area (Å²) in [5.41, 5.74) is 1.15. The van der Waals surface area contributed by atoms with Crippen LogP contribution >= 0.6 is 27.3 Å². The van der Waals surface area contributed by atoms with Gasteiger partial charge in [-0.05, 0) is 30.9 Å². The zero-order valence-electron chi connectivity index (χ0n) is 9.03. The van der Waals surface area contributed by atoms with Gasteiger partial charge in [0.05, 0.1) is 15.2 Å². The fourth-order valence-corrected chi connectivity index (χ4v) is 4.22. The molecule has 1 heterocycles. The molecule has 0 radical (unpaired) electrons. The first-order valence-corrected chi connectivity index (χ1v) is 7.54. The van der Waals surface area contributed by atoms with Crippen LogP contribution in [0, 0.1) is 5.92 Å². The third kappa shape index (κ3) is 2.03. The standard InChI is InChI=1S/C13H14BrNS/c14-10(9-4-3-5-9)8-13-15-11-6-1-2-7-12(11)16-13/h1-2,6-7,9-10H,3-5,8H2. The molecule has 1 aliphatic rings. The molecule has 0 amide bonds. The summed E-state index contributed by atoms with van der Waals surface area (Å²) >= 11 is 5.65. The van der Waals surface area contributed by atoms with Gasteiger partial charge in [0.1, 0.15) is 0 Å². The largest absolute Gasteiger partial charge is 0.241 e. The van der Waals surface area contributed by atoms with Gasteiger partial charge in [0, 0.05) is 11.2 Å². The van der Waals surface area contributed by atoms with Crippen molar-refractivity contribution in [3.05, 3.63) is 29.3 Å². The van der Waals surface area contributed by atoms with Gasteiger partial charge in [-0.15, -0.1) is 11.3 Å². The van der Waals surface area contributed by atoms with Gasteiger partial charge in [0.2, 0.25) is 0 Å². The van der Waals surface area contributed by atoms with Gasteiger partial charge < -0.3 is 0 Å². The lowest BCUT2D eigenvalue weighted by molar-refractivity contribution is 0.308. The minimum Gasteiger partial charge on any atom is -0.241 e. The van der Waals surface area contributed by atoms with Crippen LogP contribution in [-0.4, -0.2) is 9.81 Å². The summed E-state index contributed by atoms with van der Waals surface area (Å²) in [6.45, 7) is 0. The first-order chi connectivity index (χ1) is 7.83. The average Bonchev–Trinajstić information content (AvgIpc) is 2.56. The second kappa shape index (κ2) is 4.46. The van der Waals surface area contributed by atoms with Gasteiger partial charge >= 0.3 is 0 Å². The first-order valence-electron chi connectivity index (χ1n) is 5.81. The molecule has 3 heteroatoms. The van der Waals surface area contributed by atoms with E-state index in [2.05, 4.69) is 45.2 Å². The number of halogens is 1. The van der Waals surface area contributed by atoms with Crippen molar-refractivity contribution in [2.75, 3.05) is 0 Å². The molecule has 1 saturated carbocycles. The molecular formula is C13H14BrNS. The fraction of sp³-hybridized carbons (Fsp3) is 0.462. The first kappa shape index (κ1) is 10.7. The Morgan fingerprint density at radius 2 is 2.19 bits per heavy atom. The Morgan fingerprint density at radius 3 is 2.88 bits per heavy atom. The predicted molar refractivity (Wildman–Crippen MR) is 73.4 cm³/mol. The van der Waals surface area contributed by atoms with Crippen LogP contribution in [0.4, 0.5) is 0 Å². The predicted octanol–water partition coefficient (Wildman–Crippen LogP) is 4.40. The molecule has 16 heavy (non-hydrogen) atoms. The Bertz CT molecular complexity index is 456. The van der Waals surface area contributed by atoms with Gasteiger partial charge in [-0.3, -0.25) is 0 Å². The molecular weight excluding hydrogens is 282 g/mol. The molecule has 1 aromatic carbocycles. The highest BCUT2D eigenvalue weighted by Crippen LogP contribution is 2.36. The Kier molecular flexibility index (Phi) is 2.99. The Hall–Kier alpha value is -0.410. The molecule has 1 nitrogen and oxygen atoms in total. The van der Waals surface area contributed by atoms with Crippen LogP contribution in [0.5, 0.6) is 0 Å². The van der Waals surface area contributed by atoms with Crippen molar-refractivity contribution in [3.63, 3.8) is 0 Å². The molecule has 1 fully saturated rings. The molecule has 0 aliphatic heterocycles. The van der Waals surface area contributed by atoms with E-state index in [9.17, 15) is 0 Å². The number of hydrogen-bond acceptors (Lipinski definition) is 2. The van der Waals surface area contributed by atoms with Crippen molar-refractivity contribution in [1.82, 2.24) is 4.98 Å². The van der Waals surface area contributed by atoms with Crippen molar-refractivity contribution in [2.24, 2.45) is 5.92 Å². The highest BCUT2D eigenvalue weighted by atomic mass is 79.9. The van der Waals surface area contributed by atoms with Crippen LogP contribution < -0.4 is 0 Å². The number of alkyl halides is 1. The molecule has 2 aromatic rings. The Balaban J connectivity index is 1.78. The molecule has 0 N–H and O–H groups in total. The topological polar surface area (TPSA) is 12.9 Å². The number of benzene rings is 1. The zero-order chi connectivity index (χ0) is 11.0. The number of aromatic nitrogens is 1. The quantitative estimate of drug-likeness (QED) is 0.765. The normalized spacial score (nSPS) is 18.6. The van der Waals surface area contributed by atoms with E-state index in [1.54, 1.807) is 0 Å². The lowest BCUT2D eigenvalue weighted by Gasteiger charge is -2.29. The lowest BCUT2D eigenvalue weighted by atomic mass is 9.82. The van der Waals surface area contributed by atoms with E-state index in [4.69, 9.17) is 0 Å². The van der Waals surface area contributed by atoms with E-state index in [1.807, 2.05) is 11.3 Å². The number of rotatable bonds is 3. The number of para-hydroxylation sites is 1. The van der Waals surface area contributed by atoms with Gasteiger partial charge in [0.15, 0.2) is 0 Å². The maximum atomic E-state index is 4.68. The number of fused-ring (bicyclic) bond motifs is 1.